The molecule has 0 aromatic rings. The highest BCUT2D eigenvalue weighted by atomic mass is 16.8. The molecule has 8 N–H and O–H groups in total. The third-order valence-corrected chi connectivity index (χ3v) is 8.87. The number of hydrogen-bond donors (Lipinski definition) is 8. The smallest absolute Gasteiger partial charge is 0.187 e. The minimum absolute atomic E-state index is 0.364. The van der Waals surface area contributed by atoms with E-state index in [1.165, 1.54) is 0 Å². The molecule has 3 aliphatic heterocycles. The molecule has 286 valence electrons. The number of nitrogens with zero attached hydrogens (tertiary/aromatic N) is 15. The van der Waals surface area contributed by atoms with Gasteiger partial charge in [-0.1, -0.05) is 25.6 Å². The molecule has 3 saturated heterocycles. The third-order valence-electron chi connectivity index (χ3n) is 8.87. The standard InChI is InChI=1S/C23H35N15O14/c24-34-29-2-7-13(42)15(44)10(32-37-27)21(47-7)51-19-9(4-40)49-23(17(19)46)52-20-12(41)5(30-35-25)1-6(31-36-26)18(20)50-22-11(33-38-28)16(45)14(43)8(3-39)48-22/h5-23,39-46H,1-4H2/t5-,6?,7+,8?,9-,10?,11?,12?,13-,14+,15?,16-,17?,18+,19+,20-,21-,22+,23+/m1/s1. The van der Waals surface area contributed by atoms with Crippen molar-refractivity contribution in [2.45, 2.75) is 123 Å². The molecular weight excluding hydrogens is 710 g/mol. The third kappa shape index (κ3) is 8.61. The number of aliphatic hydroxyl groups is 8. The lowest BCUT2D eigenvalue weighted by atomic mass is 9.84. The Balaban J connectivity index is 1.65. The molecule has 29 nitrogen and oxygen atoms in total. The first-order valence-corrected chi connectivity index (χ1v) is 15.4. The predicted octanol–water partition coefficient (Wildman–Crippen LogP) is -2.10. The second-order valence-electron chi connectivity index (χ2n) is 11.8. The van der Waals surface area contributed by atoms with Crippen molar-refractivity contribution in [1.82, 2.24) is 0 Å². The van der Waals surface area contributed by atoms with Gasteiger partial charge in [0.25, 0.3) is 0 Å². The highest BCUT2D eigenvalue weighted by Gasteiger charge is 2.55. The van der Waals surface area contributed by atoms with Crippen molar-refractivity contribution in [3.8, 4) is 0 Å². The Bertz CT molecular complexity index is 1470. The van der Waals surface area contributed by atoms with E-state index in [9.17, 15) is 46.4 Å². The van der Waals surface area contributed by atoms with E-state index in [1.54, 1.807) is 0 Å². The Kier molecular flexibility index (Phi) is 14.6. The van der Waals surface area contributed by atoms with Crippen LogP contribution in [0, 0.1) is 0 Å². The van der Waals surface area contributed by atoms with Crippen LogP contribution in [0.1, 0.15) is 6.42 Å². The van der Waals surface area contributed by atoms with E-state index in [4.69, 9.17) is 50.5 Å². The van der Waals surface area contributed by atoms with Crippen LogP contribution < -0.4 is 0 Å². The van der Waals surface area contributed by atoms with Crippen molar-refractivity contribution in [1.29, 1.82) is 0 Å². The van der Waals surface area contributed by atoms with Gasteiger partial charge in [-0.2, -0.15) is 0 Å². The first kappa shape index (κ1) is 40.8. The Hall–Kier alpha value is -4.01. The van der Waals surface area contributed by atoms with Gasteiger partial charge in [0.05, 0.1) is 62.4 Å². The summed E-state index contributed by atoms with van der Waals surface area (Å²) in [6, 6.07) is -6.05. The maximum Gasteiger partial charge on any atom is 0.187 e. The van der Waals surface area contributed by atoms with Crippen molar-refractivity contribution in [2.75, 3.05) is 19.8 Å². The van der Waals surface area contributed by atoms with Gasteiger partial charge in [-0.05, 0) is 34.1 Å². The molecule has 1 aliphatic carbocycles. The van der Waals surface area contributed by atoms with Gasteiger partial charge in [0.15, 0.2) is 18.9 Å². The molecule has 3 heterocycles. The zero-order valence-corrected chi connectivity index (χ0v) is 26.5. The van der Waals surface area contributed by atoms with Crippen molar-refractivity contribution >= 4 is 0 Å². The fourth-order valence-electron chi connectivity index (χ4n) is 6.28. The number of rotatable bonds is 14. The molecule has 0 spiro atoms. The van der Waals surface area contributed by atoms with Crippen LogP contribution in [0.4, 0.5) is 0 Å². The average molecular weight is 746 g/mol. The highest BCUT2D eigenvalue weighted by Crippen LogP contribution is 2.37. The molecule has 0 aromatic carbocycles. The first-order chi connectivity index (χ1) is 25.0. The van der Waals surface area contributed by atoms with E-state index in [0.717, 1.165) is 0 Å². The summed E-state index contributed by atoms with van der Waals surface area (Å²) in [6.07, 6.45) is -26.0. The predicted molar refractivity (Wildman–Crippen MR) is 161 cm³/mol. The van der Waals surface area contributed by atoms with E-state index in [2.05, 4.69) is 50.1 Å². The maximum atomic E-state index is 11.3. The van der Waals surface area contributed by atoms with E-state index < -0.39 is 136 Å². The largest absolute Gasteiger partial charge is 0.394 e. The lowest BCUT2D eigenvalue weighted by Gasteiger charge is -2.46. The van der Waals surface area contributed by atoms with Crippen molar-refractivity contribution in [3.05, 3.63) is 52.2 Å². The molecular formula is C23H35N15O14. The van der Waals surface area contributed by atoms with Gasteiger partial charge in [-0.25, -0.2) is 0 Å². The second kappa shape index (κ2) is 18.7. The lowest BCUT2D eigenvalue weighted by molar-refractivity contribution is -0.310. The Labute approximate surface area is 289 Å². The van der Waals surface area contributed by atoms with Crippen LogP contribution in [0.3, 0.4) is 0 Å². The van der Waals surface area contributed by atoms with Gasteiger partial charge in [-0.15, -0.1) is 0 Å². The Morgan fingerprint density at radius 1 is 0.500 bits per heavy atom. The molecule has 0 bridgehead atoms. The summed E-state index contributed by atoms with van der Waals surface area (Å²) in [5.41, 5.74) is 45.3. The molecule has 19 atom stereocenters. The van der Waals surface area contributed by atoms with E-state index >= 15 is 0 Å². The van der Waals surface area contributed by atoms with Gasteiger partial charge >= 0.3 is 0 Å². The molecule has 0 amide bonds. The zero-order chi connectivity index (χ0) is 38.1. The van der Waals surface area contributed by atoms with Crippen molar-refractivity contribution in [2.24, 2.45) is 25.6 Å². The van der Waals surface area contributed by atoms with Crippen molar-refractivity contribution < 1.29 is 69.3 Å². The van der Waals surface area contributed by atoms with Crippen LogP contribution in [0.25, 0.3) is 52.2 Å². The summed E-state index contributed by atoms with van der Waals surface area (Å²) in [4.78, 5) is 13.2. The zero-order valence-electron chi connectivity index (χ0n) is 26.5. The molecule has 29 heteroatoms. The molecule has 52 heavy (non-hydrogen) atoms. The number of aliphatic hydroxyl groups excluding tert-OH is 8. The Morgan fingerprint density at radius 3 is 1.52 bits per heavy atom. The molecule has 4 rings (SSSR count). The first-order valence-electron chi connectivity index (χ1n) is 15.4. The number of azide groups is 5. The number of ether oxygens (including phenoxy) is 6. The van der Waals surface area contributed by atoms with Crippen LogP contribution in [-0.2, 0) is 28.4 Å². The SMILES string of the molecule is [N-]=[N+]=NC[C@@H]1O[C@H](O[C@@H]2C(O)[C@H](O[C@@H]3C(O)[C@H](N=[N+]=[N-])CC(N=[N+]=[N-])[C@@H]3O[C@@H]3OC(CO)[C@H](O)[C@H](O)C3N=[N+]=[N-])O[C@@H]2CO)C(N=[N+]=[N-])C(O)[C@@H]1O. The Morgan fingerprint density at radius 2 is 0.981 bits per heavy atom. The summed E-state index contributed by atoms with van der Waals surface area (Å²) >= 11 is 0. The highest BCUT2D eigenvalue weighted by molar-refractivity contribution is 5.04. The number of hydrogen-bond acceptors (Lipinski definition) is 19. The van der Waals surface area contributed by atoms with Gasteiger partial charge in [-0.3, -0.25) is 0 Å². The van der Waals surface area contributed by atoms with Crippen LogP contribution in [0.2, 0.25) is 0 Å². The van der Waals surface area contributed by atoms with Crippen LogP contribution in [0.15, 0.2) is 25.6 Å². The summed E-state index contributed by atoms with van der Waals surface area (Å²) in [5, 5.41) is 102. The minimum Gasteiger partial charge on any atom is -0.394 e. The molecule has 4 aliphatic rings. The molecule has 0 aromatic heterocycles. The van der Waals surface area contributed by atoms with Crippen LogP contribution in [0.5, 0.6) is 0 Å². The van der Waals surface area contributed by atoms with Gasteiger partial charge in [0.1, 0.15) is 54.8 Å². The van der Waals surface area contributed by atoms with Gasteiger partial charge in [0.2, 0.25) is 0 Å². The topological polar surface area (TPSA) is 461 Å². The summed E-state index contributed by atoms with van der Waals surface area (Å²) in [6.45, 7) is -2.21. The van der Waals surface area contributed by atoms with Crippen molar-refractivity contribution in [3.63, 3.8) is 0 Å². The average Bonchev–Trinajstić information content (AvgIpc) is 3.43. The molecule has 0 radical (unpaired) electrons. The quantitative estimate of drug-likeness (QED) is 0.0536. The van der Waals surface area contributed by atoms with Gasteiger partial charge in [0, 0.05) is 24.6 Å². The van der Waals surface area contributed by atoms with E-state index in [1.807, 2.05) is 0 Å². The van der Waals surface area contributed by atoms with Crippen LogP contribution >= 0.6 is 0 Å². The van der Waals surface area contributed by atoms with E-state index in [0.29, 0.717) is 0 Å². The monoisotopic (exact) mass is 745 g/mol. The molecule has 4 fully saturated rings. The fraction of sp³-hybridized carbons (Fsp3) is 1.00. The summed E-state index contributed by atoms with van der Waals surface area (Å²) in [7, 11) is 0. The summed E-state index contributed by atoms with van der Waals surface area (Å²) in [5.74, 6) is 0. The maximum absolute atomic E-state index is 11.3. The lowest BCUT2D eigenvalue weighted by Crippen LogP contribution is -2.63. The second-order valence-corrected chi connectivity index (χ2v) is 11.8. The molecule has 7 unspecified atom stereocenters. The van der Waals surface area contributed by atoms with Gasteiger partial charge < -0.3 is 69.3 Å². The summed E-state index contributed by atoms with van der Waals surface area (Å²) < 4.78 is 34.4. The minimum atomic E-state index is -1.92. The van der Waals surface area contributed by atoms with Crippen LogP contribution in [-0.4, -0.2) is 177 Å². The molecule has 1 saturated carbocycles. The van der Waals surface area contributed by atoms with E-state index in [-0.39, 0.29) is 6.42 Å². The normalized spacial score (nSPS) is 44.5. The fourth-order valence-corrected chi connectivity index (χ4v) is 6.28.